The van der Waals surface area contributed by atoms with E-state index in [-0.39, 0.29) is 17.1 Å². The second-order valence-electron chi connectivity index (χ2n) is 7.33. The van der Waals surface area contributed by atoms with Gasteiger partial charge < -0.3 is 5.32 Å². The van der Waals surface area contributed by atoms with Crippen LogP contribution in [0.2, 0.25) is 0 Å². The van der Waals surface area contributed by atoms with E-state index >= 15 is 0 Å². The average molecular weight is 436 g/mol. The average Bonchev–Trinajstić information content (AvgIpc) is 3.12. The molecule has 3 amide bonds. The zero-order valence-corrected chi connectivity index (χ0v) is 18.0. The molecule has 0 radical (unpaired) electrons. The van der Waals surface area contributed by atoms with Crippen LogP contribution in [0.4, 0.5) is 10.5 Å². The van der Waals surface area contributed by atoms with Gasteiger partial charge in [-0.1, -0.05) is 23.8 Å². The lowest BCUT2D eigenvalue weighted by atomic mass is 10.2. The van der Waals surface area contributed by atoms with Crippen molar-refractivity contribution in [2.75, 3.05) is 11.9 Å². The monoisotopic (exact) mass is 436 g/mol. The Morgan fingerprint density at radius 1 is 1.00 bits per heavy atom. The van der Waals surface area contributed by atoms with Gasteiger partial charge in [0.05, 0.1) is 15.9 Å². The molecule has 0 saturated carbocycles. The highest BCUT2D eigenvalue weighted by Gasteiger charge is 2.36. The first-order valence-electron chi connectivity index (χ1n) is 9.52. The fourth-order valence-corrected chi connectivity index (χ4v) is 4.22. The third kappa shape index (κ3) is 3.91. The maximum absolute atomic E-state index is 12.7. The number of benzene rings is 2. The van der Waals surface area contributed by atoms with Gasteiger partial charge in [-0.05, 0) is 54.6 Å². The first kappa shape index (κ1) is 20.7. The van der Waals surface area contributed by atoms with Gasteiger partial charge in [-0.25, -0.2) is 4.79 Å². The molecule has 0 aliphatic carbocycles. The number of carbonyl (C=O) groups excluding carboxylic acids is 3. The molecule has 2 heterocycles. The van der Waals surface area contributed by atoms with Gasteiger partial charge in [0.1, 0.15) is 6.54 Å². The molecule has 31 heavy (non-hydrogen) atoms. The molecule has 9 heteroatoms. The van der Waals surface area contributed by atoms with Gasteiger partial charge in [0.15, 0.2) is 0 Å². The highest BCUT2D eigenvalue weighted by atomic mass is 32.2. The molecule has 8 nitrogen and oxygen atoms in total. The molecule has 4 rings (SSSR count). The van der Waals surface area contributed by atoms with Crippen molar-refractivity contribution >= 4 is 51.6 Å². The van der Waals surface area contributed by atoms with Gasteiger partial charge >= 0.3 is 5.69 Å². The Balaban J connectivity index is 1.52. The molecule has 0 atom stereocenters. The molecular formula is C22H20N4O4S. The van der Waals surface area contributed by atoms with Crippen LogP contribution in [-0.4, -0.2) is 37.6 Å². The van der Waals surface area contributed by atoms with Crippen molar-refractivity contribution < 1.29 is 14.4 Å². The number of imide groups is 1. The largest absolute Gasteiger partial charge is 0.328 e. The van der Waals surface area contributed by atoms with Gasteiger partial charge in [-0.3, -0.25) is 28.4 Å². The minimum atomic E-state index is -0.517. The van der Waals surface area contributed by atoms with Crippen molar-refractivity contribution in [2.24, 2.45) is 14.1 Å². The van der Waals surface area contributed by atoms with Crippen molar-refractivity contribution in [1.29, 1.82) is 0 Å². The van der Waals surface area contributed by atoms with E-state index in [0.29, 0.717) is 11.3 Å². The fraction of sp³-hybridized carbons (Fsp3) is 0.182. The number of hydrogen-bond acceptors (Lipinski definition) is 5. The third-order valence-corrected chi connectivity index (χ3v) is 6.01. The summed E-state index contributed by atoms with van der Waals surface area (Å²) in [5.41, 5.74) is 3.68. The predicted octanol–water partition coefficient (Wildman–Crippen LogP) is 2.86. The first-order chi connectivity index (χ1) is 14.7. The van der Waals surface area contributed by atoms with E-state index in [1.54, 1.807) is 55.1 Å². The molecule has 1 fully saturated rings. The van der Waals surface area contributed by atoms with Gasteiger partial charge in [0.25, 0.3) is 11.1 Å². The van der Waals surface area contributed by atoms with E-state index in [1.807, 2.05) is 19.1 Å². The molecule has 1 aliphatic rings. The quantitative estimate of drug-likeness (QED) is 0.635. The number of nitrogens with one attached hydrogen (secondary N) is 1. The third-order valence-electron chi connectivity index (χ3n) is 5.10. The summed E-state index contributed by atoms with van der Waals surface area (Å²) in [7, 11) is 3.37. The van der Waals surface area contributed by atoms with Crippen molar-refractivity contribution in [2.45, 2.75) is 6.92 Å². The number of fused-ring (bicyclic) bond motifs is 1. The highest BCUT2D eigenvalue weighted by molar-refractivity contribution is 8.18. The Morgan fingerprint density at radius 3 is 2.39 bits per heavy atom. The number of hydrogen-bond donors (Lipinski definition) is 1. The van der Waals surface area contributed by atoms with Gasteiger partial charge in [0, 0.05) is 19.8 Å². The number of amides is 3. The Morgan fingerprint density at radius 2 is 1.68 bits per heavy atom. The Labute approximate surface area is 182 Å². The highest BCUT2D eigenvalue weighted by Crippen LogP contribution is 2.32. The second kappa shape index (κ2) is 7.92. The summed E-state index contributed by atoms with van der Waals surface area (Å²) in [5.74, 6) is -0.968. The number of anilines is 1. The molecule has 1 aliphatic heterocycles. The van der Waals surface area contributed by atoms with E-state index in [9.17, 15) is 19.2 Å². The van der Waals surface area contributed by atoms with E-state index in [0.717, 1.165) is 33.3 Å². The van der Waals surface area contributed by atoms with Crippen LogP contribution in [0.3, 0.4) is 0 Å². The van der Waals surface area contributed by atoms with Crippen LogP contribution in [-0.2, 0) is 23.7 Å². The van der Waals surface area contributed by atoms with Gasteiger partial charge in [-0.2, -0.15) is 0 Å². The number of imidazole rings is 1. The van der Waals surface area contributed by atoms with Crippen molar-refractivity contribution in [3.05, 3.63) is 69.0 Å². The van der Waals surface area contributed by atoms with Crippen molar-refractivity contribution in [3.63, 3.8) is 0 Å². The van der Waals surface area contributed by atoms with E-state index in [4.69, 9.17) is 0 Å². The van der Waals surface area contributed by atoms with E-state index in [2.05, 4.69) is 5.32 Å². The molecule has 1 aromatic heterocycles. The second-order valence-corrected chi connectivity index (χ2v) is 8.32. The standard InChI is InChI=1S/C22H20N4O4S/c1-13-4-7-15(8-5-13)23-19(27)12-26-20(28)18(31-22(26)30)11-14-6-9-16-17(10-14)25(3)21(29)24(16)2/h4-11H,12H2,1-3H3,(H,23,27). The SMILES string of the molecule is Cc1ccc(NC(=O)CN2C(=O)SC(=Cc3ccc4c(c3)n(C)c(=O)n4C)C2=O)cc1. The molecule has 0 spiro atoms. The molecule has 158 valence electrons. The molecular weight excluding hydrogens is 416 g/mol. The lowest BCUT2D eigenvalue weighted by molar-refractivity contribution is -0.127. The Hall–Kier alpha value is -3.59. The minimum absolute atomic E-state index is 0.146. The van der Waals surface area contributed by atoms with Crippen LogP contribution in [0.1, 0.15) is 11.1 Å². The molecule has 3 aromatic rings. The Kier molecular flexibility index (Phi) is 5.28. The van der Waals surface area contributed by atoms with Crippen LogP contribution in [0.25, 0.3) is 17.1 Å². The smallest absolute Gasteiger partial charge is 0.325 e. The fourth-order valence-electron chi connectivity index (χ4n) is 3.38. The lowest BCUT2D eigenvalue weighted by Gasteiger charge is -2.12. The zero-order valence-electron chi connectivity index (χ0n) is 17.2. The number of aryl methyl sites for hydroxylation is 3. The van der Waals surface area contributed by atoms with Crippen LogP contribution >= 0.6 is 11.8 Å². The van der Waals surface area contributed by atoms with Crippen LogP contribution in [0.15, 0.2) is 52.2 Å². The van der Waals surface area contributed by atoms with Crippen molar-refractivity contribution in [3.8, 4) is 0 Å². The summed E-state index contributed by atoms with van der Waals surface area (Å²) in [4.78, 5) is 50.6. The summed E-state index contributed by atoms with van der Waals surface area (Å²) < 4.78 is 3.06. The maximum atomic E-state index is 12.7. The topological polar surface area (TPSA) is 93.4 Å². The lowest BCUT2D eigenvalue weighted by Crippen LogP contribution is -2.36. The maximum Gasteiger partial charge on any atom is 0.328 e. The summed E-state index contributed by atoms with van der Waals surface area (Å²) in [5, 5.41) is 2.19. The number of carbonyl (C=O) groups is 3. The number of nitrogens with zero attached hydrogens (tertiary/aromatic N) is 3. The number of thioether (sulfide) groups is 1. The Bertz CT molecular complexity index is 1320. The van der Waals surface area contributed by atoms with Gasteiger partial charge in [0.2, 0.25) is 5.91 Å². The molecule has 1 N–H and O–H groups in total. The van der Waals surface area contributed by atoms with Crippen LogP contribution in [0.5, 0.6) is 0 Å². The molecule has 2 aromatic carbocycles. The molecule has 1 saturated heterocycles. The number of aromatic nitrogens is 2. The normalized spacial score (nSPS) is 15.3. The number of rotatable bonds is 4. The van der Waals surface area contributed by atoms with Crippen LogP contribution in [0, 0.1) is 6.92 Å². The summed E-state index contributed by atoms with van der Waals surface area (Å²) in [6, 6.07) is 12.6. The molecule has 0 bridgehead atoms. The summed E-state index contributed by atoms with van der Waals surface area (Å²) in [6.45, 7) is 1.58. The summed E-state index contributed by atoms with van der Waals surface area (Å²) in [6.07, 6.45) is 1.60. The zero-order chi connectivity index (χ0) is 22.3. The van der Waals surface area contributed by atoms with Gasteiger partial charge in [-0.15, -0.1) is 0 Å². The van der Waals surface area contributed by atoms with E-state index < -0.39 is 17.1 Å². The summed E-state index contributed by atoms with van der Waals surface area (Å²) >= 11 is 0.790. The predicted molar refractivity (Wildman–Crippen MR) is 121 cm³/mol. The first-order valence-corrected chi connectivity index (χ1v) is 10.3. The molecule has 0 unspecified atom stereocenters. The van der Waals surface area contributed by atoms with Crippen LogP contribution < -0.4 is 11.0 Å². The minimum Gasteiger partial charge on any atom is -0.325 e. The van der Waals surface area contributed by atoms with Crippen molar-refractivity contribution in [1.82, 2.24) is 14.0 Å². The van der Waals surface area contributed by atoms with E-state index in [1.165, 1.54) is 4.57 Å².